The standard InChI is InChI=1S/C27H34N2O3/c1-28(26(32)20-6-3-2-4-7-20)22-15-25(31)24-18-29(17-19-10-11-19)13-12-27(24,16-22)21-8-5-9-23(30)14-21/h2-9,14,19,22,24-25,30-31H,10-13,15-18H2,1H3/t22-,24-,25?,27-/m0/s1. The predicted molar refractivity (Wildman–Crippen MR) is 125 cm³/mol. The summed E-state index contributed by atoms with van der Waals surface area (Å²) in [5, 5.41) is 21.7. The Morgan fingerprint density at radius 2 is 1.94 bits per heavy atom. The smallest absolute Gasteiger partial charge is 0.253 e. The SMILES string of the molecule is CN(C(=O)c1ccccc1)[C@H]1CC(O)[C@@H]2CN(CC3CC3)CC[C@@]2(c2cccc(O)c2)C1. The van der Waals surface area contributed by atoms with E-state index in [1.165, 1.54) is 12.8 Å². The molecular formula is C27H34N2O3. The van der Waals surface area contributed by atoms with Crippen molar-refractivity contribution in [2.75, 3.05) is 26.7 Å². The average Bonchev–Trinajstić information content (AvgIpc) is 3.63. The summed E-state index contributed by atoms with van der Waals surface area (Å²) in [6, 6.07) is 16.9. The van der Waals surface area contributed by atoms with E-state index >= 15 is 0 Å². The first kappa shape index (κ1) is 21.5. The van der Waals surface area contributed by atoms with E-state index in [0.717, 1.165) is 44.0 Å². The first-order chi connectivity index (χ1) is 15.5. The number of piperidine rings is 1. The molecule has 1 amide bonds. The highest BCUT2D eigenvalue weighted by Gasteiger charge is 2.53. The molecule has 1 saturated heterocycles. The lowest BCUT2D eigenvalue weighted by Crippen LogP contribution is -2.61. The van der Waals surface area contributed by atoms with Crippen molar-refractivity contribution in [1.29, 1.82) is 0 Å². The molecule has 3 aliphatic rings. The zero-order chi connectivity index (χ0) is 22.3. The molecule has 2 saturated carbocycles. The van der Waals surface area contributed by atoms with Gasteiger partial charge in [-0.25, -0.2) is 0 Å². The van der Waals surface area contributed by atoms with E-state index in [2.05, 4.69) is 11.0 Å². The van der Waals surface area contributed by atoms with Crippen LogP contribution in [-0.4, -0.2) is 64.7 Å². The molecule has 1 aliphatic heterocycles. The number of phenolic OH excluding ortho intramolecular Hbond substituents is 1. The van der Waals surface area contributed by atoms with Crippen LogP contribution in [0.15, 0.2) is 54.6 Å². The Labute approximate surface area is 190 Å². The molecule has 2 N–H and O–H groups in total. The number of hydrogen-bond acceptors (Lipinski definition) is 4. The molecule has 5 rings (SSSR count). The monoisotopic (exact) mass is 434 g/mol. The van der Waals surface area contributed by atoms with Crippen LogP contribution in [0.4, 0.5) is 0 Å². The van der Waals surface area contributed by atoms with Gasteiger partial charge in [-0.3, -0.25) is 4.79 Å². The van der Waals surface area contributed by atoms with E-state index in [1.54, 1.807) is 6.07 Å². The van der Waals surface area contributed by atoms with Crippen LogP contribution in [0, 0.1) is 11.8 Å². The van der Waals surface area contributed by atoms with Crippen LogP contribution in [0.1, 0.15) is 48.0 Å². The Morgan fingerprint density at radius 1 is 1.16 bits per heavy atom. The van der Waals surface area contributed by atoms with Gasteiger partial charge >= 0.3 is 0 Å². The zero-order valence-electron chi connectivity index (χ0n) is 18.9. The van der Waals surface area contributed by atoms with Crippen molar-refractivity contribution < 1.29 is 15.0 Å². The van der Waals surface area contributed by atoms with Gasteiger partial charge in [-0.1, -0.05) is 30.3 Å². The van der Waals surface area contributed by atoms with E-state index in [-0.39, 0.29) is 29.0 Å². The first-order valence-electron chi connectivity index (χ1n) is 12.0. The third-order valence-corrected chi connectivity index (χ3v) is 8.14. The van der Waals surface area contributed by atoms with E-state index in [0.29, 0.717) is 12.0 Å². The largest absolute Gasteiger partial charge is 0.508 e. The molecule has 32 heavy (non-hydrogen) atoms. The second-order valence-corrected chi connectivity index (χ2v) is 10.2. The fraction of sp³-hybridized carbons (Fsp3) is 0.519. The molecule has 4 atom stereocenters. The highest BCUT2D eigenvalue weighted by molar-refractivity contribution is 5.94. The van der Waals surface area contributed by atoms with Crippen molar-refractivity contribution in [2.24, 2.45) is 11.8 Å². The molecule has 5 nitrogen and oxygen atoms in total. The van der Waals surface area contributed by atoms with Gasteiger partial charge in [0, 0.05) is 43.1 Å². The number of fused-ring (bicyclic) bond motifs is 1. The average molecular weight is 435 g/mol. The number of phenols is 1. The fourth-order valence-electron chi connectivity index (χ4n) is 6.15. The highest BCUT2D eigenvalue weighted by Crippen LogP contribution is 2.51. The van der Waals surface area contributed by atoms with Crippen LogP contribution in [0.5, 0.6) is 5.75 Å². The molecule has 1 heterocycles. The molecule has 5 heteroatoms. The maximum atomic E-state index is 13.2. The molecule has 3 fully saturated rings. The number of hydrogen-bond donors (Lipinski definition) is 2. The van der Waals surface area contributed by atoms with Gasteiger partial charge in [0.15, 0.2) is 0 Å². The number of aliphatic hydroxyl groups is 1. The van der Waals surface area contributed by atoms with Gasteiger partial charge in [0.1, 0.15) is 5.75 Å². The fourth-order valence-corrected chi connectivity index (χ4v) is 6.15. The number of aliphatic hydroxyl groups excluding tert-OH is 1. The second kappa shape index (κ2) is 8.53. The van der Waals surface area contributed by atoms with Crippen LogP contribution < -0.4 is 0 Å². The molecule has 0 bridgehead atoms. The molecule has 2 aromatic rings. The van der Waals surface area contributed by atoms with Crippen LogP contribution in [0.25, 0.3) is 0 Å². The summed E-state index contributed by atoms with van der Waals surface area (Å²) in [6.45, 7) is 3.02. The molecule has 0 spiro atoms. The maximum absolute atomic E-state index is 13.2. The number of nitrogens with zero attached hydrogens (tertiary/aromatic N) is 2. The lowest BCUT2D eigenvalue weighted by atomic mass is 9.56. The van der Waals surface area contributed by atoms with Crippen LogP contribution in [0.3, 0.4) is 0 Å². The van der Waals surface area contributed by atoms with Crippen LogP contribution in [0.2, 0.25) is 0 Å². The summed E-state index contributed by atoms with van der Waals surface area (Å²) >= 11 is 0. The number of rotatable bonds is 5. The van der Waals surface area contributed by atoms with Gasteiger partial charge in [-0.2, -0.15) is 0 Å². The van der Waals surface area contributed by atoms with Crippen molar-refractivity contribution in [3.05, 3.63) is 65.7 Å². The number of carbonyl (C=O) groups is 1. The molecule has 0 radical (unpaired) electrons. The van der Waals surface area contributed by atoms with Crippen molar-refractivity contribution in [1.82, 2.24) is 9.80 Å². The number of carbonyl (C=O) groups excluding carboxylic acids is 1. The minimum Gasteiger partial charge on any atom is -0.508 e. The van der Waals surface area contributed by atoms with Crippen LogP contribution in [-0.2, 0) is 5.41 Å². The molecule has 2 aromatic carbocycles. The third-order valence-electron chi connectivity index (χ3n) is 8.14. The summed E-state index contributed by atoms with van der Waals surface area (Å²) in [5.41, 5.74) is 1.53. The van der Waals surface area contributed by atoms with Gasteiger partial charge in [-0.15, -0.1) is 0 Å². The first-order valence-corrected chi connectivity index (χ1v) is 12.0. The van der Waals surface area contributed by atoms with E-state index in [4.69, 9.17) is 0 Å². The zero-order valence-corrected chi connectivity index (χ0v) is 18.9. The van der Waals surface area contributed by atoms with Gasteiger partial charge in [0.05, 0.1) is 6.10 Å². The molecule has 2 aliphatic carbocycles. The van der Waals surface area contributed by atoms with Gasteiger partial charge in [0.25, 0.3) is 5.91 Å². The summed E-state index contributed by atoms with van der Waals surface area (Å²) in [4.78, 5) is 17.5. The number of aromatic hydroxyl groups is 1. The summed E-state index contributed by atoms with van der Waals surface area (Å²) in [5.74, 6) is 1.19. The predicted octanol–water partition coefficient (Wildman–Crippen LogP) is 3.66. The van der Waals surface area contributed by atoms with Gasteiger partial charge in [0.2, 0.25) is 0 Å². The second-order valence-electron chi connectivity index (χ2n) is 10.2. The topological polar surface area (TPSA) is 64.0 Å². The molecule has 1 unspecified atom stereocenters. The van der Waals surface area contributed by atoms with Crippen molar-refractivity contribution in [3.63, 3.8) is 0 Å². The Hall–Kier alpha value is -2.37. The molecular weight excluding hydrogens is 400 g/mol. The minimum atomic E-state index is -0.482. The highest BCUT2D eigenvalue weighted by atomic mass is 16.3. The quantitative estimate of drug-likeness (QED) is 0.754. The third kappa shape index (κ3) is 4.04. The molecule has 170 valence electrons. The van der Waals surface area contributed by atoms with Crippen molar-refractivity contribution >= 4 is 5.91 Å². The van der Waals surface area contributed by atoms with Gasteiger partial charge < -0.3 is 20.0 Å². The van der Waals surface area contributed by atoms with Crippen LogP contribution >= 0.6 is 0 Å². The van der Waals surface area contributed by atoms with Gasteiger partial charge in [-0.05, 0) is 74.4 Å². The Balaban J connectivity index is 1.45. The summed E-state index contributed by atoms with van der Waals surface area (Å²) in [7, 11) is 1.87. The summed E-state index contributed by atoms with van der Waals surface area (Å²) in [6.07, 6.45) is 4.52. The number of amides is 1. The van der Waals surface area contributed by atoms with E-state index in [9.17, 15) is 15.0 Å². The van der Waals surface area contributed by atoms with Crippen molar-refractivity contribution in [2.45, 2.75) is 49.7 Å². The summed E-state index contributed by atoms with van der Waals surface area (Å²) < 4.78 is 0. The Morgan fingerprint density at radius 3 is 2.66 bits per heavy atom. The Bertz CT molecular complexity index is 960. The number of likely N-dealkylation sites (tertiary alicyclic amines) is 1. The van der Waals surface area contributed by atoms with E-state index < -0.39 is 6.10 Å². The van der Waals surface area contributed by atoms with Crippen molar-refractivity contribution in [3.8, 4) is 5.75 Å². The normalized spacial score (nSPS) is 30.5. The maximum Gasteiger partial charge on any atom is 0.253 e. The van der Waals surface area contributed by atoms with E-state index in [1.807, 2.05) is 54.4 Å². The lowest BCUT2D eigenvalue weighted by Gasteiger charge is -2.56. The lowest BCUT2D eigenvalue weighted by molar-refractivity contribution is -0.0618. The molecule has 0 aromatic heterocycles. The minimum absolute atomic E-state index is 0.00141. The Kier molecular flexibility index (Phi) is 5.72. The number of benzene rings is 2.